The number of allylic oxidation sites excluding steroid dienone is 1. The average Bonchev–Trinajstić information content (AvgIpc) is 2.88. The van der Waals surface area contributed by atoms with Crippen LogP contribution >= 0.6 is 0 Å². The Bertz CT molecular complexity index is 1190. The van der Waals surface area contributed by atoms with Crippen LogP contribution < -0.4 is 20.9 Å². The highest BCUT2D eigenvalue weighted by Gasteiger charge is 2.60. The zero-order chi connectivity index (χ0) is 20.2. The molecule has 1 unspecified atom stereocenters. The van der Waals surface area contributed by atoms with Crippen LogP contribution in [-0.2, 0) is 16.8 Å². The van der Waals surface area contributed by atoms with E-state index in [4.69, 9.17) is 10.5 Å². The van der Waals surface area contributed by atoms with Crippen molar-refractivity contribution in [3.8, 4) is 11.8 Å². The summed E-state index contributed by atoms with van der Waals surface area (Å²) in [5.41, 5.74) is 5.84. The van der Waals surface area contributed by atoms with Gasteiger partial charge in [0.15, 0.2) is 5.41 Å². The number of nitriles is 1. The summed E-state index contributed by atoms with van der Waals surface area (Å²) in [5.74, 6) is -0.393. The molecule has 1 aromatic heterocycles. The number of hydrogen-bond acceptors (Lipinski definition) is 5. The van der Waals surface area contributed by atoms with Crippen molar-refractivity contribution in [3.63, 3.8) is 0 Å². The molecule has 0 saturated heterocycles. The number of aryl methyl sites for hydroxylation is 1. The number of hydrogen-bond donors (Lipinski definition) is 1. The fourth-order valence-electron chi connectivity index (χ4n) is 4.18. The lowest BCUT2D eigenvalue weighted by atomic mass is 9.69. The maximum Gasteiger partial charge on any atom is 0.259 e. The number of nitrogens with zero attached hydrogens (tertiary/aromatic N) is 3. The van der Waals surface area contributed by atoms with Crippen molar-refractivity contribution in [2.24, 2.45) is 5.73 Å². The number of benzene rings is 1. The topological polar surface area (TPSA) is 101 Å². The van der Waals surface area contributed by atoms with Gasteiger partial charge < -0.3 is 19.9 Å². The third kappa shape index (κ3) is 1.92. The highest BCUT2D eigenvalue weighted by Crippen LogP contribution is 2.53. The molecule has 7 nitrogen and oxygen atoms in total. The normalized spacial score (nSPS) is 19.9. The molecule has 2 aliphatic heterocycles. The Kier molecular flexibility index (Phi) is 3.69. The lowest BCUT2D eigenvalue weighted by Crippen LogP contribution is -2.49. The van der Waals surface area contributed by atoms with Crippen molar-refractivity contribution in [2.75, 3.05) is 11.9 Å². The number of amides is 1. The number of anilines is 1. The molecule has 4 rings (SSSR count). The number of para-hydroxylation sites is 1. The number of fused-ring (bicyclic) bond motifs is 4. The van der Waals surface area contributed by atoms with Crippen LogP contribution in [0.4, 0.5) is 5.69 Å². The molecular weight excluding hydrogens is 356 g/mol. The van der Waals surface area contributed by atoms with Crippen LogP contribution in [0.15, 0.2) is 59.2 Å². The zero-order valence-electron chi connectivity index (χ0n) is 15.5. The van der Waals surface area contributed by atoms with E-state index in [1.165, 1.54) is 9.47 Å². The molecule has 2 aliphatic rings. The Morgan fingerprint density at radius 1 is 1.36 bits per heavy atom. The van der Waals surface area contributed by atoms with Gasteiger partial charge in [0.05, 0.1) is 5.56 Å². The second kappa shape index (κ2) is 5.86. The minimum atomic E-state index is -1.63. The molecule has 0 aliphatic carbocycles. The molecule has 0 saturated carbocycles. The van der Waals surface area contributed by atoms with Gasteiger partial charge in [-0.2, -0.15) is 5.26 Å². The summed E-state index contributed by atoms with van der Waals surface area (Å²) in [4.78, 5) is 28.5. The molecule has 3 heterocycles. The van der Waals surface area contributed by atoms with Gasteiger partial charge in [-0.25, -0.2) is 0 Å². The summed E-state index contributed by atoms with van der Waals surface area (Å²) in [5, 5.41) is 9.90. The molecule has 1 aromatic carbocycles. The third-order valence-corrected chi connectivity index (χ3v) is 5.41. The van der Waals surface area contributed by atoms with E-state index in [1.54, 1.807) is 50.4 Å². The Hall–Kier alpha value is -3.79. The van der Waals surface area contributed by atoms with Gasteiger partial charge in [-0.05, 0) is 13.0 Å². The Morgan fingerprint density at radius 2 is 2.07 bits per heavy atom. The number of aromatic nitrogens is 1. The summed E-state index contributed by atoms with van der Waals surface area (Å²) in [6.07, 6.45) is 1.60. The summed E-state index contributed by atoms with van der Waals surface area (Å²) in [7, 11) is 1.62. The standard InChI is InChI=1S/C21H18N4O3/c1-4-9-25-12(2)10-16-17(19(25)26)21(14(11-22)18(23)28-16)13-7-5-6-8-15(13)24(3)20(21)27/h4-8,10H,1,9,23H2,2-3H3. The van der Waals surface area contributed by atoms with E-state index in [1.807, 2.05) is 6.07 Å². The molecule has 28 heavy (non-hydrogen) atoms. The fraction of sp³-hybridized carbons (Fsp3) is 0.190. The summed E-state index contributed by atoms with van der Waals surface area (Å²) in [6.45, 7) is 5.72. The summed E-state index contributed by atoms with van der Waals surface area (Å²) in [6, 6.07) is 10.8. The van der Waals surface area contributed by atoms with Crippen LogP contribution in [0.2, 0.25) is 0 Å². The highest BCUT2D eigenvalue weighted by molar-refractivity contribution is 6.13. The smallest absolute Gasteiger partial charge is 0.259 e. The second-order valence-electron chi connectivity index (χ2n) is 6.81. The molecule has 0 bridgehead atoms. The zero-order valence-corrected chi connectivity index (χ0v) is 15.5. The number of likely N-dealkylation sites (N-methyl/N-ethyl adjacent to an activating group) is 1. The van der Waals surface area contributed by atoms with Crippen LogP contribution in [0.1, 0.15) is 16.8 Å². The van der Waals surface area contributed by atoms with E-state index >= 15 is 0 Å². The van der Waals surface area contributed by atoms with Crippen LogP contribution in [0.5, 0.6) is 5.75 Å². The molecule has 0 fully saturated rings. The SMILES string of the molecule is C=CCn1c(C)cc2c(c1=O)C1(C(=O)N(C)c3ccccc31)C(C#N)=C(N)O2. The number of carbonyl (C=O) groups is 1. The van der Waals surface area contributed by atoms with E-state index in [0.29, 0.717) is 16.9 Å². The largest absolute Gasteiger partial charge is 0.440 e. The first-order valence-electron chi connectivity index (χ1n) is 8.71. The molecule has 1 amide bonds. The molecule has 2 aromatic rings. The summed E-state index contributed by atoms with van der Waals surface area (Å²) < 4.78 is 7.14. The molecule has 1 spiro atoms. The van der Waals surface area contributed by atoms with Gasteiger partial charge in [-0.15, -0.1) is 6.58 Å². The van der Waals surface area contributed by atoms with Gasteiger partial charge in [-0.1, -0.05) is 24.3 Å². The van der Waals surface area contributed by atoms with Crippen LogP contribution in [-0.4, -0.2) is 17.5 Å². The quantitative estimate of drug-likeness (QED) is 0.806. The van der Waals surface area contributed by atoms with Crippen LogP contribution in [0, 0.1) is 18.3 Å². The van der Waals surface area contributed by atoms with E-state index in [-0.39, 0.29) is 29.3 Å². The predicted molar refractivity (Wildman–Crippen MR) is 104 cm³/mol. The van der Waals surface area contributed by atoms with E-state index < -0.39 is 16.9 Å². The molecule has 140 valence electrons. The highest BCUT2D eigenvalue weighted by atomic mass is 16.5. The van der Waals surface area contributed by atoms with Crippen molar-refractivity contribution in [3.05, 3.63) is 81.6 Å². The second-order valence-corrected chi connectivity index (χ2v) is 6.81. The number of pyridine rings is 1. The van der Waals surface area contributed by atoms with Crippen molar-refractivity contribution >= 4 is 11.6 Å². The Labute approximate surface area is 161 Å². The van der Waals surface area contributed by atoms with Gasteiger partial charge in [0.2, 0.25) is 11.8 Å². The Balaban J connectivity index is 2.22. The first-order valence-corrected chi connectivity index (χ1v) is 8.71. The van der Waals surface area contributed by atoms with Crippen molar-refractivity contribution in [1.29, 1.82) is 5.26 Å². The monoisotopic (exact) mass is 374 g/mol. The minimum Gasteiger partial charge on any atom is -0.440 e. The van der Waals surface area contributed by atoms with Gasteiger partial charge in [0, 0.05) is 36.6 Å². The first-order chi connectivity index (χ1) is 13.4. The number of ether oxygens (including phenoxy) is 1. The molecular formula is C21H18N4O3. The molecule has 7 heteroatoms. The predicted octanol–water partition coefficient (Wildman–Crippen LogP) is 1.69. The van der Waals surface area contributed by atoms with E-state index in [9.17, 15) is 14.9 Å². The number of nitrogens with two attached hydrogens (primary N) is 1. The Morgan fingerprint density at radius 3 is 2.75 bits per heavy atom. The molecule has 0 radical (unpaired) electrons. The maximum absolute atomic E-state index is 13.6. The van der Waals surface area contributed by atoms with Crippen molar-refractivity contribution in [1.82, 2.24) is 4.57 Å². The van der Waals surface area contributed by atoms with Crippen LogP contribution in [0.3, 0.4) is 0 Å². The fourth-order valence-corrected chi connectivity index (χ4v) is 4.18. The third-order valence-electron chi connectivity index (χ3n) is 5.41. The van der Waals surface area contributed by atoms with Crippen molar-refractivity contribution in [2.45, 2.75) is 18.9 Å². The minimum absolute atomic E-state index is 0.0760. The molecule has 1 atom stereocenters. The first kappa shape index (κ1) is 17.6. The lowest BCUT2D eigenvalue weighted by molar-refractivity contribution is -0.120. The van der Waals surface area contributed by atoms with Gasteiger partial charge >= 0.3 is 0 Å². The molecule has 2 N–H and O–H groups in total. The van der Waals surface area contributed by atoms with Gasteiger partial charge in [0.25, 0.3) is 5.56 Å². The maximum atomic E-state index is 13.6. The summed E-state index contributed by atoms with van der Waals surface area (Å²) >= 11 is 0. The average molecular weight is 374 g/mol. The van der Waals surface area contributed by atoms with Gasteiger partial charge in [0.1, 0.15) is 17.4 Å². The number of rotatable bonds is 2. The van der Waals surface area contributed by atoms with Crippen molar-refractivity contribution < 1.29 is 9.53 Å². The van der Waals surface area contributed by atoms with E-state index in [2.05, 4.69) is 6.58 Å². The van der Waals surface area contributed by atoms with Crippen LogP contribution in [0.25, 0.3) is 0 Å². The van der Waals surface area contributed by atoms with E-state index in [0.717, 1.165) is 0 Å². The lowest BCUT2D eigenvalue weighted by Gasteiger charge is -2.34. The van der Waals surface area contributed by atoms with Gasteiger partial charge in [-0.3, -0.25) is 9.59 Å². The number of carbonyl (C=O) groups excluding carboxylic acids is 1.